The second-order valence-corrected chi connectivity index (χ2v) is 14.0. The number of carboxylic acid groups (broad SMARTS) is 1. The summed E-state index contributed by atoms with van der Waals surface area (Å²) in [5, 5.41) is 18.7. The van der Waals surface area contributed by atoms with Gasteiger partial charge in [-0.05, 0) is 0 Å². The van der Waals surface area contributed by atoms with Crippen LogP contribution in [0.5, 0.6) is 0 Å². The molecular formula is C14H52N2O23P3S3W9-. The summed E-state index contributed by atoms with van der Waals surface area (Å²) in [6, 6.07) is 0. The zero-order valence-electron chi connectivity index (χ0n) is 29.6. The van der Waals surface area contributed by atoms with Crippen LogP contribution in [0, 0.1) is 0 Å². The summed E-state index contributed by atoms with van der Waals surface area (Å²) in [5.74, 6) is -0.833. The summed E-state index contributed by atoms with van der Waals surface area (Å²) in [7, 11) is -16.2. The number of rotatable bonds is 4. The van der Waals surface area contributed by atoms with Crippen LogP contribution in [0.2, 0.25) is 0 Å². The van der Waals surface area contributed by atoms with Gasteiger partial charge in [-0.1, -0.05) is 21.3 Å². The summed E-state index contributed by atoms with van der Waals surface area (Å²) in [6.07, 6.45) is 0.715. The van der Waals surface area contributed by atoms with E-state index in [9.17, 15) is 38.9 Å². The predicted molar refractivity (Wildman–Crippen MR) is 166 cm³/mol. The molecule has 54 heavy (non-hydrogen) atoms. The Balaban J connectivity index is -0.0000000132. The zero-order valence-corrected chi connectivity index (χ0v) is 61.1. The molecule has 25 nitrogen and oxygen atoms in total. The van der Waals surface area contributed by atoms with Gasteiger partial charge in [-0.2, -0.15) is 32.3 Å². The summed E-state index contributed by atoms with van der Waals surface area (Å²) in [4.78, 5) is 47.9. The van der Waals surface area contributed by atoms with Gasteiger partial charge in [0.25, 0.3) is 16.1 Å². The molecule has 0 aliphatic carbocycles. The molecule has 0 bridgehead atoms. The van der Waals surface area contributed by atoms with E-state index in [1.807, 2.05) is 13.8 Å². The first-order valence-electron chi connectivity index (χ1n) is 9.66. The fourth-order valence-corrected chi connectivity index (χ4v) is 0. The van der Waals surface area contributed by atoms with Crippen molar-refractivity contribution in [3.63, 3.8) is 0 Å². The topological polar surface area (TPSA) is 440 Å². The molecule has 0 aromatic rings. The van der Waals surface area contributed by atoms with Crippen LogP contribution in [0.3, 0.4) is 0 Å². The van der Waals surface area contributed by atoms with Gasteiger partial charge < -0.3 is 44.9 Å². The minimum atomic E-state index is -4.16. The maximum atomic E-state index is 9.92. The number of carbonyl (C=O) groups is 1. The van der Waals surface area contributed by atoms with E-state index < -0.39 is 59.8 Å². The van der Waals surface area contributed by atoms with Crippen molar-refractivity contribution in [3.05, 3.63) is 5.73 Å². The molecule has 0 heterocycles. The number of nitrogens with two attached hydrogens (primary N) is 1. The Bertz CT molecular complexity index is 1010. The summed E-state index contributed by atoms with van der Waals surface area (Å²) in [6.45, 7) is 7.07. The molecule has 0 aromatic carbocycles. The number of aliphatic hydroxyl groups excluding tert-OH is 1. The fourth-order valence-electron chi connectivity index (χ4n) is 0. The van der Waals surface area contributed by atoms with Crippen molar-refractivity contribution in [1.29, 1.82) is 0 Å². The molecule has 12 N–H and O–H groups in total. The number of phosphoric ester groups is 1. The molecule has 40 heteroatoms. The molecule has 0 fully saturated rings. The predicted octanol–water partition coefficient (Wildman–Crippen LogP) is -0.249. The van der Waals surface area contributed by atoms with Crippen LogP contribution in [0.4, 0.5) is 0 Å². The van der Waals surface area contributed by atoms with Crippen molar-refractivity contribution in [2.75, 3.05) is 62.2 Å². The van der Waals surface area contributed by atoms with E-state index >= 15 is 0 Å². The largest absolute Gasteiger partial charge is 0.680 e. The Morgan fingerprint density at radius 1 is 0.630 bits per heavy atom. The van der Waals surface area contributed by atoms with Crippen molar-refractivity contribution in [2.45, 2.75) is 28.2 Å². The minimum absolute atomic E-state index is 0. The van der Waals surface area contributed by atoms with Crippen LogP contribution < -0.4 is 5.14 Å². The normalized spacial score (nSPS) is 9.07. The first-order valence-corrected chi connectivity index (χ1v) is 20.0. The van der Waals surface area contributed by atoms with Gasteiger partial charge in [0.1, 0.15) is 0 Å². The van der Waals surface area contributed by atoms with Gasteiger partial charge in [-0.15, -0.1) is 0 Å². The van der Waals surface area contributed by atoms with Gasteiger partial charge in [-0.3, -0.25) is 35.9 Å². The maximum Gasteiger partial charge on any atom is 0.469 e. The Hall–Kier alpha value is 5.64. The van der Waals surface area contributed by atoms with E-state index in [1.165, 1.54) is 14.2 Å². The molecule has 0 amide bonds. The van der Waals surface area contributed by atoms with Crippen molar-refractivity contribution in [3.8, 4) is 0 Å². The summed E-state index contributed by atoms with van der Waals surface area (Å²) >= 11 is 0. The standard InChI is InChI=1S/C2H7O3P.C2H4O2.C2H6.CH5NO3S.CH4N.CH5O4P.CH4O4S.CH5O3P.CH4O3S.CH4O.CH4.9W/c1-5-6(2,3)4;1-2(3)4;1-2;1-5-6(2,3)4;1-2;2*1-5-6(2,3)4;2*1-5(2,3)4;1-2;;;;;;;;;;/h1-2H3,(H,3,4);1H3,(H,3,4);1-2H3;1H3,(H2,2,3,4);2H,1H3;1H3,(H2,2,3,4);1H3,(H,2,3,4);1H3,(H2,2,3,4);1H3,(H,2,3,4);2H,1H3;1H4;;;;;;;;;/q;;;;-1;;;;;;;;;;;;;;;. The Labute approximate surface area is 449 Å². The molecule has 0 aromatic heterocycles. The molecule has 1 atom stereocenters. The molecule has 0 saturated heterocycles. The number of carboxylic acids is 1. The van der Waals surface area contributed by atoms with Crippen LogP contribution in [0.1, 0.15) is 28.2 Å². The average molecular weight is 2460 g/mol. The SMILES string of the molecule is C.CC.CC(=O)O.CO.COP(=O)(O)O.COP(C)(=O)O.COS(=O)(=O)O.COS(N)(=O)=O.CP(=O)(O)O.CS(=O)(=O)O.C[NH-].[W].[W].[W].[W].[W].[W].[W].[W].[W]. The smallest absolute Gasteiger partial charge is 0.469 e. The van der Waals surface area contributed by atoms with E-state index in [-0.39, 0.29) is 197 Å². The van der Waals surface area contributed by atoms with E-state index in [0.717, 1.165) is 48.7 Å². The number of aliphatic hydroxyl groups is 1. The molecular weight excluding hydrogens is 2410 g/mol. The quantitative estimate of drug-likeness (QED) is 0.128. The zero-order chi connectivity index (χ0) is 39.4. The fraction of sp³-hybridized carbons (Fsp3) is 0.929. The molecule has 344 valence electrons. The Kier molecular flexibility index (Phi) is 199. The van der Waals surface area contributed by atoms with E-state index in [1.54, 1.807) is 0 Å². The van der Waals surface area contributed by atoms with Crippen LogP contribution in [-0.2, 0) is 256 Å². The molecule has 0 spiro atoms. The maximum absolute atomic E-state index is 9.92. The number of hydrogen-bond acceptors (Lipinski definition) is 15. The van der Waals surface area contributed by atoms with Crippen molar-refractivity contribution in [2.24, 2.45) is 5.14 Å². The van der Waals surface area contributed by atoms with Crippen LogP contribution >= 0.6 is 23.0 Å². The number of hydrogen-bond donors (Lipinski definition) is 10. The average Bonchev–Trinajstić information content (AvgIpc) is 2.80. The van der Waals surface area contributed by atoms with Crippen molar-refractivity contribution in [1.82, 2.24) is 0 Å². The number of aliphatic carboxylic acids is 1. The second-order valence-electron chi connectivity index (χ2n) is 5.00. The van der Waals surface area contributed by atoms with E-state index in [4.69, 9.17) is 54.3 Å². The molecule has 0 rings (SSSR count). The third-order valence-electron chi connectivity index (χ3n) is 1.02. The van der Waals surface area contributed by atoms with Gasteiger partial charge in [-0.25, -0.2) is 9.70 Å². The minimum Gasteiger partial charge on any atom is -0.680 e. The van der Waals surface area contributed by atoms with Gasteiger partial charge in [0.05, 0.1) is 20.5 Å². The van der Waals surface area contributed by atoms with Gasteiger partial charge in [0.15, 0.2) is 0 Å². The van der Waals surface area contributed by atoms with E-state index in [2.05, 4.69) is 22.6 Å². The summed E-state index contributed by atoms with van der Waals surface area (Å²) in [5.41, 5.74) is 5.75. The molecule has 1 unspecified atom stereocenters. The first-order chi connectivity index (χ1) is 19.0. The molecule has 0 radical (unpaired) electrons. The van der Waals surface area contributed by atoms with Crippen LogP contribution in [0.25, 0.3) is 5.73 Å². The monoisotopic (exact) mass is 2460 g/mol. The Morgan fingerprint density at radius 2 is 0.704 bits per heavy atom. The Morgan fingerprint density at radius 3 is 0.704 bits per heavy atom. The third kappa shape index (κ3) is 594. The molecule has 0 aliphatic heterocycles. The second kappa shape index (κ2) is 82.4. The molecule has 0 saturated carbocycles. The van der Waals surface area contributed by atoms with Gasteiger partial charge in [0.2, 0.25) is 0 Å². The number of phosphoric acid groups is 1. The summed E-state index contributed by atoms with van der Waals surface area (Å²) < 4.78 is 115. The third-order valence-corrected chi connectivity index (χ3v) is 3.06. The van der Waals surface area contributed by atoms with E-state index in [0.29, 0.717) is 6.26 Å². The van der Waals surface area contributed by atoms with Gasteiger partial charge in [0, 0.05) is 231 Å². The van der Waals surface area contributed by atoms with Crippen molar-refractivity contribution < 1.29 is 295 Å². The first kappa shape index (κ1) is 131. The number of nitrogens with one attached hydrogen (secondary N) is 1. The molecule has 0 aliphatic rings. The van der Waals surface area contributed by atoms with Crippen LogP contribution in [0.15, 0.2) is 0 Å². The van der Waals surface area contributed by atoms with Gasteiger partial charge >= 0.3 is 43.7 Å². The van der Waals surface area contributed by atoms with Crippen LogP contribution in [-0.4, -0.2) is 137 Å². The van der Waals surface area contributed by atoms with Crippen molar-refractivity contribution >= 4 is 59.8 Å².